The van der Waals surface area contributed by atoms with Crippen molar-refractivity contribution < 1.29 is 19.8 Å². The molecule has 2 aliphatic heterocycles. The number of rotatable bonds is 2. The van der Waals surface area contributed by atoms with Crippen LogP contribution in [-0.2, 0) is 4.79 Å². The van der Waals surface area contributed by atoms with Crippen LogP contribution < -0.4 is 5.56 Å². The number of aromatic amines is 1. The lowest BCUT2D eigenvalue weighted by Crippen LogP contribution is -2.38. The molecule has 20 heavy (non-hydrogen) atoms. The second-order valence-corrected chi connectivity index (χ2v) is 5.31. The zero-order chi connectivity index (χ0) is 14.4. The molecule has 0 aliphatic carbocycles. The standard InChI is InChI=1S/C13H14N2O5/c16-10-3-6(4-11(17)14-10)12(18)15-7-1-2-9(15)8(5-7)13(19)20/h3-4,7-9H,1-2,5H2,(H,19,20)(H2,14,16,17). The first-order valence-electron chi connectivity index (χ1n) is 6.46. The van der Waals surface area contributed by atoms with Crippen molar-refractivity contribution in [3.63, 3.8) is 0 Å². The van der Waals surface area contributed by atoms with Gasteiger partial charge in [-0.05, 0) is 19.3 Å². The van der Waals surface area contributed by atoms with Gasteiger partial charge in [0.15, 0.2) is 5.88 Å². The highest BCUT2D eigenvalue weighted by Gasteiger charge is 2.51. The van der Waals surface area contributed by atoms with E-state index in [-0.39, 0.29) is 29.4 Å². The van der Waals surface area contributed by atoms with Gasteiger partial charge in [0.2, 0.25) is 0 Å². The second kappa shape index (κ2) is 4.36. The first kappa shape index (κ1) is 12.7. The van der Waals surface area contributed by atoms with Gasteiger partial charge in [0.1, 0.15) is 0 Å². The maximum Gasteiger partial charge on any atom is 0.308 e. The topological polar surface area (TPSA) is 111 Å². The zero-order valence-corrected chi connectivity index (χ0v) is 10.6. The number of carboxylic acid groups (broad SMARTS) is 1. The molecule has 2 bridgehead atoms. The number of pyridine rings is 1. The molecule has 106 valence electrons. The van der Waals surface area contributed by atoms with Crippen LogP contribution >= 0.6 is 0 Å². The number of fused-ring (bicyclic) bond motifs is 2. The Labute approximate surface area is 113 Å². The zero-order valence-electron chi connectivity index (χ0n) is 10.6. The molecule has 2 fully saturated rings. The highest BCUT2D eigenvalue weighted by atomic mass is 16.4. The third kappa shape index (κ3) is 1.86. The Balaban J connectivity index is 1.92. The number of amides is 1. The smallest absolute Gasteiger partial charge is 0.308 e. The summed E-state index contributed by atoms with van der Waals surface area (Å²) in [5.41, 5.74) is -0.469. The lowest BCUT2D eigenvalue weighted by Gasteiger charge is -2.23. The van der Waals surface area contributed by atoms with Gasteiger partial charge in [-0.1, -0.05) is 0 Å². The van der Waals surface area contributed by atoms with Crippen LogP contribution in [0.3, 0.4) is 0 Å². The number of carboxylic acids is 1. The monoisotopic (exact) mass is 278 g/mol. The molecule has 7 nitrogen and oxygen atoms in total. The summed E-state index contributed by atoms with van der Waals surface area (Å²) in [4.78, 5) is 38.6. The number of aromatic hydroxyl groups is 1. The summed E-state index contributed by atoms with van der Waals surface area (Å²) >= 11 is 0. The summed E-state index contributed by atoms with van der Waals surface area (Å²) < 4.78 is 0. The summed E-state index contributed by atoms with van der Waals surface area (Å²) in [7, 11) is 0. The summed E-state index contributed by atoms with van der Waals surface area (Å²) in [6, 6.07) is 1.91. The van der Waals surface area contributed by atoms with Crippen molar-refractivity contribution in [2.24, 2.45) is 5.92 Å². The van der Waals surface area contributed by atoms with Gasteiger partial charge >= 0.3 is 5.97 Å². The van der Waals surface area contributed by atoms with E-state index in [1.54, 1.807) is 4.90 Å². The van der Waals surface area contributed by atoms with E-state index in [2.05, 4.69) is 4.98 Å². The van der Waals surface area contributed by atoms with E-state index >= 15 is 0 Å². The first-order valence-corrected chi connectivity index (χ1v) is 6.46. The third-order valence-electron chi connectivity index (χ3n) is 4.17. The van der Waals surface area contributed by atoms with Gasteiger partial charge in [-0.2, -0.15) is 0 Å². The Morgan fingerprint density at radius 2 is 2.05 bits per heavy atom. The van der Waals surface area contributed by atoms with Crippen molar-refractivity contribution in [1.82, 2.24) is 9.88 Å². The van der Waals surface area contributed by atoms with Crippen LogP contribution in [-0.4, -0.2) is 44.1 Å². The van der Waals surface area contributed by atoms with Crippen molar-refractivity contribution in [3.8, 4) is 5.88 Å². The van der Waals surface area contributed by atoms with Gasteiger partial charge < -0.3 is 15.1 Å². The summed E-state index contributed by atoms with van der Waals surface area (Å²) in [6.07, 6.45) is 1.92. The van der Waals surface area contributed by atoms with Crippen LogP contribution in [0.5, 0.6) is 5.88 Å². The Morgan fingerprint density at radius 3 is 2.65 bits per heavy atom. The average Bonchev–Trinajstić information content (AvgIpc) is 2.94. The van der Waals surface area contributed by atoms with Gasteiger partial charge in [0, 0.05) is 24.2 Å². The van der Waals surface area contributed by atoms with Gasteiger partial charge in [-0.15, -0.1) is 0 Å². The maximum absolute atomic E-state index is 12.4. The fourth-order valence-electron chi connectivity index (χ4n) is 3.37. The van der Waals surface area contributed by atoms with Crippen LogP contribution in [0.15, 0.2) is 16.9 Å². The van der Waals surface area contributed by atoms with Crippen LogP contribution in [0, 0.1) is 5.92 Å². The van der Waals surface area contributed by atoms with E-state index in [0.29, 0.717) is 12.8 Å². The van der Waals surface area contributed by atoms with Gasteiger partial charge in [-0.3, -0.25) is 19.4 Å². The summed E-state index contributed by atoms with van der Waals surface area (Å²) in [5.74, 6) is -2.18. The van der Waals surface area contributed by atoms with Gasteiger partial charge in [0.05, 0.1) is 11.5 Å². The minimum absolute atomic E-state index is 0.0879. The molecule has 1 aromatic heterocycles. The highest BCUT2D eigenvalue weighted by Crippen LogP contribution is 2.42. The summed E-state index contributed by atoms with van der Waals surface area (Å²) in [5, 5.41) is 18.5. The molecule has 0 aromatic carbocycles. The quantitative estimate of drug-likeness (QED) is 0.713. The number of carbonyl (C=O) groups excluding carboxylic acids is 1. The average molecular weight is 278 g/mol. The SMILES string of the molecule is O=C(O)C1CC2CCC1N2C(=O)c1cc(O)[nH]c(=O)c1. The van der Waals surface area contributed by atoms with Crippen LogP contribution in [0.4, 0.5) is 0 Å². The van der Waals surface area contributed by atoms with Crippen molar-refractivity contribution in [1.29, 1.82) is 0 Å². The van der Waals surface area contributed by atoms with Gasteiger partial charge in [0.25, 0.3) is 11.5 Å². The molecular formula is C13H14N2O5. The molecule has 3 atom stereocenters. The number of nitrogens with zero attached hydrogens (tertiary/aromatic N) is 1. The molecule has 3 heterocycles. The largest absolute Gasteiger partial charge is 0.494 e. The molecule has 0 spiro atoms. The minimum atomic E-state index is -0.885. The van der Waals surface area contributed by atoms with Crippen molar-refractivity contribution in [2.45, 2.75) is 31.3 Å². The van der Waals surface area contributed by atoms with E-state index in [1.165, 1.54) is 6.07 Å². The predicted octanol–water partition coefficient (Wildman–Crippen LogP) is 0.158. The van der Waals surface area contributed by atoms with Crippen molar-refractivity contribution in [2.75, 3.05) is 0 Å². The Hall–Kier alpha value is -2.31. The Morgan fingerprint density at radius 1 is 1.30 bits per heavy atom. The molecule has 3 rings (SSSR count). The van der Waals surface area contributed by atoms with E-state index in [4.69, 9.17) is 5.11 Å². The van der Waals surface area contributed by atoms with Crippen LogP contribution in [0.25, 0.3) is 0 Å². The lowest BCUT2D eigenvalue weighted by atomic mass is 9.89. The summed E-state index contributed by atoms with van der Waals surface area (Å²) in [6.45, 7) is 0. The Kier molecular flexibility index (Phi) is 2.77. The van der Waals surface area contributed by atoms with E-state index in [0.717, 1.165) is 12.5 Å². The van der Waals surface area contributed by atoms with E-state index < -0.39 is 17.4 Å². The number of H-pyrrole nitrogens is 1. The second-order valence-electron chi connectivity index (χ2n) is 5.31. The minimum Gasteiger partial charge on any atom is -0.494 e. The van der Waals surface area contributed by atoms with Crippen LogP contribution in [0.2, 0.25) is 0 Å². The fraction of sp³-hybridized carbons (Fsp3) is 0.462. The molecule has 2 saturated heterocycles. The number of aromatic nitrogens is 1. The lowest BCUT2D eigenvalue weighted by molar-refractivity contribution is -0.142. The van der Waals surface area contributed by atoms with Crippen LogP contribution in [0.1, 0.15) is 29.6 Å². The molecule has 3 unspecified atom stereocenters. The number of hydrogen-bond acceptors (Lipinski definition) is 4. The normalized spacial score (nSPS) is 27.8. The number of aliphatic carboxylic acids is 1. The Bertz CT molecular complexity index is 638. The molecule has 0 saturated carbocycles. The molecule has 0 radical (unpaired) electrons. The molecule has 1 aromatic rings. The molecule has 1 amide bonds. The molecule has 2 aliphatic rings. The highest BCUT2D eigenvalue weighted by molar-refractivity contribution is 5.95. The van der Waals surface area contributed by atoms with E-state index in [1.807, 2.05) is 0 Å². The van der Waals surface area contributed by atoms with Crippen molar-refractivity contribution in [3.05, 3.63) is 28.0 Å². The molecular weight excluding hydrogens is 264 g/mol. The van der Waals surface area contributed by atoms with E-state index in [9.17, 15) is 19.5 Å². The fourth-order valence-corrected chi connectivity index (χ4v) is 3.37. The van der Waals surface area contributed by atoms with Crippen molar-refractivity contribution >= 4 is 11.9 Å². The molecule has 7 heteroatoms. The first-order chi connectivity index (χ1) is 9.47. The number of carbonyl (C=O) groups is 2. The number of nitrogens with one attached hydrogen (secondary N) is 1. The van der Waals surface area contributed by atoms with Gasteiger partial charge in [-0.25, -0.2) is 0 Å². The predicted molar refractivity (Wildman–Crippen MR) is 67.4 cm³/mol. The molecule has 3 N–H and O–H groups in total. The third-order valence-corrected chi connectivity index (χ3v) is 4.17. The number of hydrogen-bond donors (Lipinski definition) is 3. The maximum atomic E-state index is 12.4.